The van der Waals surface area contributed by atoms with Crippen LogP contribution in [0.3, 0.4) is 0 Å². The van der Waals surface area contributed by atoms with Gasteiger partial charge in [-0.1, -0.05) is 6.42 Å². The van der Waals surface area contributed by atoms with Crippen molar-refractivity contribution in [2.75, 3.05) is 31.6 Å². The highest BCUT2D eigenvalue weighted by Crippen LogP contribution is 2.56. The number of hydrogen-bond acceptors (Lipinski definition) is 3. The van der Waals surface area contributed by atoms with Crippen LogP contribution in [0.4, 0.5) is 10.2 Å². The molecule has 2 aliphatic carbocycles. The molecule has 1 aliphatic heterocycles. The number of aromatic nitrogens is 1. The monoisotopic (exact) mass is 345 g/mol. The molecule has 1 saturated heterocycles. The average molecular weight is 345 g/mol. The first-order valence-corrected chi connectivity index (χ1v) is 9.53. The lowest BCUT2D eigenvalue weighted by molar-refractivity contribution is 0.106. The van der Waals surface area contributed by atoms with Crippen LogP contribution in [0, 0.1) is 17.2 Å². The number of rotatable bonds is 5. The Bertz CT molecular complexity index is 638. The quantitative estimate of drug-likeness (QED) is 0.636. The van der Waals surface area contributed by atoms with Crippen LogP contribution in [0.1, 0.15) is 38.5 Å². The highest BCUT2D eigenvalue weighted by atomic mass is 19.1. The molecule has 2 saturated carbocycles. The summed E-state index contributed by atoms with van der Waals surface area (Å²) in [5, 5.41) is 7.07. The zero-order valence-corrected chi connectivity index (χ0v) is 15.0. The van der Waals surface area contributed by atoms with Crippen molar-refractivity contribution < 1.29 is 4.39 Å². The summed E-state index contributed by atoms with van der Waals surface area (Å²) in [5.41, 5.74) is 0.524. The van der Waals surface area contributed by atoms with Gasteiger partial charge >= 0.3 is 0 Å². The van der Waals surface area contributed by atoms with Crippen molar-refractivity contribution in [1.82, 2.24) is 15.6 Å². The van der Waals surface area contributed by atoms with Crippen LogP contribution in [0.25, 0.3) is 0 Å². The fourth-order valence-corrected chi connectivity index (χ4v) is 4.38. The molecular weight excluding hydrogens is 317 g/mol. The molecule has 5 nitrogen and oxygen atoms in total. The Hall–Kier alpha value is -1.85. The van der Waals surface area contributed by atoms with Crippen molar-refractivity contribution in [2.24, 2.45) is 16.3 Å². The van der Waals surface area contributed by atoms with E-state index in [1.807, 2.05) is 11.9 Å². The Labute approximate surface area is 149 Å². The molecule has 3 aliphatic rings. The maximum atomic E-state index is 13.9. The maximum Gasteiger partial charge on any atom is 0.191 e. The second kappa shape index (κ2) is 6.81. The van der Waals surface area contributed by atoms with Gasteiger partial charge in [0.25, 0.3) is 0 Å². The molecule has 25 heavy (non-hydrogen) atoms. The molecule has 4 rings (SSSR count). The first-order valence-electron chi connectivity index (χ1n) is 9.53. The lowest BCUT2D eigenvalue weighted by Gasteiger charge is -2.43. The Balaban J connectivity index is 1.30. The number of pyridine rings is 1. The Morgan fingerprint density at radius 3 is 2.88 bits per heavy atom. The Kier molecular flexibility index (Phi) is 4.52. The smallest absolute Gasteiger partial charge is 0.191 e. The van der Waals surface area contributed by atoms with Gasteiger partial charge in [-0.3, -0.25) is 4.99 Å². The number of nitrogens with zero attached hydrogens (tertiary/aromatic N) is 3. The summed E-state index contributed by atoms with van der Waals surface area (Å²) >= 11 is 0. The molecule has 1 atom stereocenters. The normalized spacial score (nSPS) is 25.6. The molecular formula is C19H28FN5. The van der Waals surface area contributed by atoms with E-state index in [1.54, 1.807) is 12.3 Å². The maximum absolute atomic E-state index is 13.9. The van der Waals surface area contributed by atoms with Gasteiger partial charge in [0.2, 0.25) is 0 Å². The molecule has 0 radical (unpaired) electrons. The summed E-state index contributed by atoms with van der Waals surface area (Å²) < 4.78 is 13.9. The largest absolute Gasteiger partial charge is 0.356 e. The van der Waals surface area contributed by atoms with Gasteiger partial charge in [0.05, 0.1) is 0 Å². The number of aliphatic imine (C=N–C) groups is 1. The highest BCUT2D eigenvalue weighted by molar-refractivity contribution is 5.80. The van der Waals surface area contributed by atoms with E-state index in [-0.39, 0.29) is 11.9 Å². The lowest BCUT2D eigenvalue weighted by Crippen LogP contribution is -2.50. The first kappa shape index (κ1) is 16.6. The number of halogens is 1. The third-order valence-electron chi connectivity index (χ3n) is 6.19. The molecule has 0 amide bonds. The van der Waals surface area contributed by atoms with Crippen LogP contribution < -0.4 is 15.5 Å². The summed E-state index contributed by atoms with van der Waals surface area (Å²) in [7, 11) is 1.82. The number of hydrogen-bond donors (Lipinski definition) is 2. The van der Waals surface area contributed by atoms with Crippen molar-refractivity contribution in [2.45, 2.75) is 44.6 Å². The molecule has 2 heterocycles. The zero-order valence-electron chi connectivity index (χ0n) is 15.0. The van der Waals surface area contributed by atoms with Crippen molar-refractivity contribution in [3.05, 3.63) is 24.1 Å². The zero-order chi connectivity index (χ0) is 17.3. The molecule has 136 valence electrons. The minimum atomic E-state index is -0.248. The van der Waals surface area contributed by atoms with Crippen molar-refractivity contribution in [3.8, 4) is 0 Å². The lowest BCUT2D eigenvalue weighted by atomic mass is 9.65. The van der Waals surface area contributed by atoms with Gasteiger partial charge in [0.15, 0.2) is 17.6 Å². The van der Waals surface area contributed by atoms with Gasteiger partial charge in [0.1, 0.15) is 0 Å². The van der Waals surface area contributed by atoms with Gasteiger partial charge in [-0.15, -0.1) is 0 Å². The topological polar surface area (TPSA) is 52.6 Å². The van der Waals surface area contributed by atoms with E-state index in [9.17, 15) is 4.39 Å². The molecule has 3 fully saturated rings. The third-order valence-corrected chi connectivity index (χ3v) is 6.19. The minimum Gasteiger partial charge on any atom is -0.356 e. The Morgan fingerprint density at radius 2 is 2.24 bits per heavy atom. The van der Waals surface area contributed by atoms with E-state index < -0.39 is 0 Å². The van der Waals surface area contributed by atoms with Gasteiger partial charge in [-0.05, 0) is 55.6 Å². The second-order valence-corrected chi connectivity index (χ2v) is 7.80. The van der Waals surface area contributed by atoms with Gasteiger partial charge in [0, 0.05) is 38.9 Å². The molecule has 6 heteroatoms. The van der Waals surface area contributed by atoms with E-state index in [1.165, 1.54) is 38.2 Å². The van der Waals surface area contributed by atoms with Crippen molar-refractivity contribution in [1.29, 1.82) is 0 Å². The SMILES string of the molecule is CN=C(NCC1(C2CC2)CCC1)NC1CCN(c2ncccc2F)C1. The van der Waals surface area contributed by atoms with Crippen LogP contribution in [0.2, 0.25) is 0 Å². The summed E-state index contributed by atoms with van der Waals surface area (Å²) in [5.74, 6) is 2.01. The molecule has 2 N–H and O–H groups in total. The van der Waals surface area contributed by atoms with Gasteiger partial charge in [-0.25, -0.2) is 9.37 Å². The van der Waals surface area contributed by atoms with E-state index in [0.717, 1.165) is 37.9 Å². The second-order valence-electron chi connectivity index (χ2n) is 7.80. The van der Waals surface area contributed by atoms with E-state index >= 15 is 0 Å². The van der Waals surface area contributed by atoms with E-state index in [4.69, 9.17) is 0 Å². The fraction of sp³-hybridized carbons (Fsp3) is 0.684. The van der Waals surface area contributed by atoms with E-state index in [0.29, 0.717) is 11.2 Å². The average Bonchev–Trinajstić information content (AvgIpc) is 3.32. The highest BCUT2D eigenvalue weighted by Gasteiger charge is 2.48. The number of anilines is 1. The summed E-state index contributed by atoms with van der Waals surface area (Å²) in [6.45, 7) is 2.60. The first-order chi connectivity index (χ1) is 12.2. The Morgan fingerprint density at radius 1 is 1.40 bits per heavy atom. The van der Waals surface area contributed by atoms with Crippen LogP contribution in [0.15, 0.2) is 23.3 Å². The van der Waals surface area contributed by atoms with Crippen LogP contribution >= 0.6 is 0 Å². The minimum absolute atomic E-state index is 0.248. The van der Waals surface area contributed by atoms with Crippen molar-refractivity contribution in [3.63, 3.8) is 0 Å². The van der Waals surface area contributed by atoms with Crippen LogP contribution in [-0.2, 0) is 0 Å². The standard InChI is InChI=1S/C19H28FN5/c1-21-18(23-13-19(8-3-9-19)14-5-6-14)24-15-7-11-25(12-15)17-16(20)4-2-10-22-17/h2,4,10,14-15H,3,5-9,11-13H2,1H3,(H2,21,23,24). The van der Waals surface area contributed by atoms with E-state index in [2.05, 4.69) is 20.6 Å². The molecule has 0 aromatic carbocycles. The molecule has 1 aromatic heterocycles. The predicted octanol–water partition coefficient (Wildman–Crippen LogP) is 2.54. The molecule has 0 bridgehead atoms. The number of nitrogens with one attached hydrogen (secondary N) is 2. The summed E-state index contributed by atoms with van der Waals surface area (Å²) in [4.78, 5) is 10.6. The summed E-state index contributed by atoms with van der Waals surface area (Å²) in [6, 6.07) is 3.37. The predicted molar refractivity (Wildman–Crippen MR) is 98.3 cm³/mol. The number of guanidine groups is 1. The fourth-order valence-electron chi connectivity index (χ4n) is 4.38. The van der Waals surface area contributed by atoms with Gasteiger partial charge in [-0.2, -0.15) is 0 Å². The van der Waals surface area contributed by atoms with Gasteiger partial charge < -0.3 is 15.5 Å². The van der Waals surface area contributed by atoms with Crippen LogP contribution in [-0.4, -0.2) is 43.7 Å². The third kappa shape index (κ3) is 3.44. The molecule has 0 spiro atoms. The molecule has 1 aromatic rings. The molecule has 1 unspecified atom stereocenters. The van der Waals surface area contributed by atoms with Crippen molar-refractivity contribution >= 4 is 11.8 Å². The van der Waals surface area contributed by atoms with Crippen LogP contribution in [0.5, 0.6) is 0 Å². The summed E-state index contributed by atoms with van der Waals surface area (Å²) in [6.07, 6.45) is 9.51.